The van der Waals surface area contributed by atoms with Gasteiger partial charge in [-0.05, 0) is 40.9 Å². The minimum absolute atomic E-state index is 0.494. The Bertz CT molecular complexity index is 608. The lowest BCUT2D eigenvalue weighted by molar-refractivity contribution is 0.692. The van der Waals surface area contributed by atoms with Crippen LogP contribution >= 0.6 is 38.9 Å². The summed E-state index contributed by atoms with van der Waals surface area (Å²) in [5.74, 6) is 1.68. The third-order valence-electron chi connectivity index (χ3n) is 3.44. The van der Waals surface area contributed by atoms with Crippen molar-refractivity contribution in [2.45, 2.75) is 31.6 Å². The van der Waals surface area contributed by atoms with Crippen molar-refractivity contribution >= 4 is 44.7 Å². The third kappa shape index (κ3) is 2.64. The van der Waals surface area contributed by atoms with E-state index >= 15 is 0 Å². The van der Waals surface area contributed by atoms with E-state index in [0.717, 1.165) is 19.4 Å². The first-order valence-corrected chi connectivity index (χ1v) is 8.22. The third-order valence-corrected chi connectivity index (χ3v) is 5.48. The zero-order valence-electron chi connectivity index (χ0n) is 10.2. The SMILES string of the molecule is Nc1nc(-c2ccc(Cl)s2)nc(C2CCCC2)c1Br. The number of rotatable bonds is 2. The van der Waals surface area contributed by atoms with Gasteiger partial charge < -0.3 is 5.73 Å². The molecule has 0 radical (unpaired) electrons. The summed E-state index contributed by atoms with van der Waals surface area (Å²) in [4.78, 5) is 10.0. The Morgan fingerprint density at radius 2 is 2.00 bits per heavy atom. The molecule has 0 spiro atoms. The Kier molecular flexibility index (Phi) is 3.78. The lowest BCUT2D eigenvalue weighted by Gasteiger charge is -2.13. The van der Waals surface area contributed by atoms with E-state index in [2.05, 4.69) is 20.9 Å². The predicted octanol–water partition coefficient (Wildman–Crippen LogP) is 4.86. The van der Waals surface area contributed by atoms with E-state index in [0.29, 0.717) is 17.6 Å². The van der Waals surface area contributed by atoms with Gasteiger partial charge in [0.05, 0.1) is 19.4 Å². The van der Waals surface area contributed by atoms with Crippen LogP contribution in [-0.4, -0.2) is 9.97 Å². The van der Waals surface area contributed by atoms with Crippen molar-refractivity contribution < 1.29 is 0 Å². The summed E-state index contributed by atoms with van der Waals surface area (Å²) in [6, 6.07) is 3.80. The van der Waals surface area contributed by atoms with E-state index in [1.807, 2.05) is 12.1 Å². The highest BCUT2D eigenvalue weighted by Crippen LogP contribution is 2.39. The van der Waals surface area contributed by atoms with Crippen molar-refractivity contribution in [1.82, 2.24) is 9.97 Å². The van der Waals surface area contributed by atoms with Crippen molar-refractivity contribution in [2.24, 2.45) is 0 Å². The number of nitrogens with zero attached hydrogens (tertiary/aromatic N) is 2. The summed E-state index contributed by atoms with van der Waals surface area (Å²) in [6.45, 7) is 0. The van der Waals surface area contributed by atoms with Gasteiger partial charge in [0, 0.05) is 5.92 Å². The van der Waals surface area contributed by atoms with Gasteiger partial charge in [-0.3, -0.25) is 0 Å². The number of hydrogen-bond donors (Lipinski definition) is 1. The number of anilines is 1. The summed E-state index contributed by atoms with van der Waals surface area (Å²) < 4.78 is 1.59. The van der Waals surface area contributed by atoms with Crippen LogP contribution in [-0.2, 0) is 0 Å². The van der Waals surface area contributed by atoms with E-state index in [1.54, 1.807) is 0 Å². The van der Waals surface area contributed by atoms with Gasteiger partial charge in [0.1, 0.15) is 5.82 Å². The first kappa shape index (κ1) is 13.3. The molecule has 6 heteroatoms. The maximum Gasteiger partial charge on any atom is 0.171 e. The molecule has 0 atom stereocenters. The van der Waals surface area contributed by atoms with E-state index in [1.165, 1.54) is 37.0 Å². The fourth-order valence-corrected chi connectivity index (χ4v) is 3.98. The molecule has 19 heavy (non-hydrogen) atoms. The van der Waals surface area contributed by atoms with Crippen LogP contribution in [0, 0.1) is 0 Å². The number of nitrogens with two attached hydrogens (primary N) is 1. The van der Waals surface area contributed by atoms with Gasteiger partial charge in [0.15, 0.2) is 5.82 Å². The molecule has 0 amide bonds. The van der Waals surface area contributed by atoms with Crippen LogP contribution in [0.5, 0.6) is 0 Å². The zero-order valence-corrected chi connectivity index (χ0v) is 13.4. The van der Waals surface area contributed by atoms with Crippen LogP contribution in [0.15, 0.2) is 16.6 Å². The van der Waals surface area contributed by atoms with Crippen LogP contribution in [0.2, 0.25) is 4.34 Å². The first-order chi connectivity index (χ1) is 9.15. The highest BCUT2D eigenvalue weighted by atomic mass is 79.9. The van der Waals surface area contributed by atoms with Crippen LogP contribution in [0.4, 0.5) is 5.82 Å². The summed E-state index contributed by atoms with van der Waals surface area (Å²) >= 11 is 11.0. The Labute approximate surface area is 129 Å². The molecule has 1 saturated carbocycles. The molecule has 0 saturated heterocycles. The van der Waals surface area contributed by atoms with Crippen molar-refractivity contribution in [3.63, 3.8) is 0 Å². The van der Waals surface area contributed by atoms with Gasteiger partial charge in [-0.1, -0.05) is 24.4 Å². The van der Waals surface area contributed by atoms with Crippen LogP contribution < -0.4 is 5.73 Å². The van der Waals surface area contributed by atoms with Gasteiger partial charge in [-0.2, -0.15) is 0 Å². The molecule has 3 nitrogen and oxygen atoms in total. The second-order valence-corrected chi connectivity index (χ2v) is 7.22. The predicted molar refractivity (Wildman–Crippen MR) is 83.7 cm³/mol. The smallest absolute Gasteiger partial charge is 0.171 e. The first-order valence-electron chi connectivity index (χ1n) is 6.24. The molecule has 1 aliphatic rings. The Morgan fingerprint density at radius 1 is 1.26 bits per heavy atom. The molecule has 3 rings (SSSR count). The summed E-state index contributed by atoms with van der Waals surface area (Å²) in [5.41, 5.74) is 7.05. The molecule has 2 heterocycles. The van der Waals surface area contributed by atoms with Gasteiger partial charge >= 0.3 is 0 Å². The zero-order chi connectivity index (χ0) is 13.4. The molecule has 2 N–H and O–H groups in total. The van der Waals surface area contributed by atoms with Gasteiger partial charge in [0.25, 0.3) is 0 Å². The normalized spacial score (nSPS) is 16.1. The molecule has 0 aromatic carbocycles. The minimum atomic E-state index is 0.494. The Morgan fingerprint density at radius 3 is 2.63 bits per heavy atom. The molecule has 2 aromatic rings. The van der Waals surface area contributed by atoms with Crippen molar-refractivity contribution in [3.8, 4) is 10.7 Å². The maximum atomic E-state index is 6.01. The topological polar surface area (TPSA) is 51.8 Å². The van der Waals surface area contributed by atoms with Gasteiger partial charge in [0.2, 0.25) is 0 Å². The molecule has 1 aliphatic carbocycles. The highest BCUT2D eigenvalue weighted by molar-refractivity contribution is 9.10. The average Bonchev–Trinajstić information content (AvgIpc) is 3.03. The summed E-state index contributed by atoms with van der Waals surface area (Å²) in [5, 5.41) is 0. The minimum Gasteiger partial charge on any atom is -0.383 e. The Hall–Kier alpha value is -0.650. The number of nitrogen functional groups attached to an aromatic ring is 1. The molecule has 2 aromatic heterocycles. The Balaban J connectivity index is 2.06. The number of halogens is 2. The highest BCUT2D eigenvalue weighted by Gasteiger charge is 2.23. The maximum absolute atomic E-state index is 6.01. The molecule has 100 valence electrons. The largest absolute Gasteiger partial charge is 0.383 e. The van der Waals surface area contributed by atoms with E-state index in [-0.39, 0.29) is 0 Å². The second kappa shape index (κ2) is 5.38. The molecular weight excluding hydrogens is 346 g/mol. The molecule has 0 unspecified atom stereocenters. The second-order valence-electron chi connectivity index (χ2n) is 4.72. The monoisotopic (exact) mass is 357 g/mol. The lowest BCUT2D eigenvalue weighted by atomic mass is 10.0. The van der Waals surface area contributed by atoms with E-state index < -0.39 is 0 Å². The molecule has 0 bridgehead atoms. The standard InChI is InChI=1S/C13H13BrClN3S/c14-10-11(7-3-1-2-4-7)17-13(18-12(10)16)8-5-6-9(15)19-8/h5-7H,1-4H2,(H2,16,17,18). The number of aromatic nitrogens is 2. The van der Waals surface area contributed by atoms with Crippen molar-refractivity contribution in [1.29, 1.82) is 0 Å². The number of hydrogen-bond acceptors (Lipinski definition) is 4. The van der Waals surface area contributed by atoms with Crippen LogP contribution in [0.3, 0.4) is 0 Å². The average molecular weight is 359 g/mol. The fraction of sp³-hybridized carbons (Fsp3) is 0.385. The van der Waals surface area contributed by atoms with E-state index in [9.17, 15) is 0 Å². The quantitative estimate of drug-likeness (QED) is 0.834. The molecule has 0 aliphatic heterocycles. The van der Waals surface area contributed by atoms with Crippen molar-refractivity contribution in [2.75, 3.05) is 5.73 Å². The van der Waals surface area contributed by atoms with Crippen LogP contribution in [0.25, 0.3) is 10.7 Å². The lowest BCUT2D eigenvalue weighted by Crippen LogP contribution is -2.05. The van der Waals surface area contributed by atoms with Gasteiger partial charge in [-0.15, -0.1) is 11.3 Å². The number of thiophene rings is 1. The van der Waals surface area contributed by atoms with E-state index in [4.69, 9.17) is 22.3 Å². The summed E-state index contributed by atoms with van der Waals surface area (Å²) in [6.07, 6.45) is 4.89. The fourth-order valence-electron chi connectivity index (χ4n) is 2.50. The molecular formula is C13H13BrClN3S. The van der Waals surface area contributed by atoms with Crippen molar-refractivity contribution in [3.05, 3.63) is 26.6 Å². The van der Waals surface area contributed by atoms with Crippen LogP contribution in [0.1, 0.15) is 37.3 Å². The van der Waals surface area contributed by atoms with Gasteiger partial charge in [-0.25, -0.2) is 9.97 Å². The summed E-state index contributed by atoms with van der Waals surface area (Å²) in [7, 11) is 0. The molecule has 1 fully saturated rings.